The van der Waals surface area contributed by atoms with Gasteiger partial charge >= 0.3 is 0 Å². The van der Waals surface area contributed by atoms with Crippen molar-refractivity contribution in [1.29, 1.82) is 0 Å². The van der Waals surface area contributed by atoms with Crippen LogP contribution < -0.4 is 14.2 Å². The van der Waals surface area contributed by atoms with Crippen molar-refractivity contribution in [2.75, 3.05) is 18.9 Å². The first-order valence-corrected chi connectivity index (χ1v) is 8.09. The van der Waals surface area contributed by atoms with E-state index in [-0.39, 0.29) is 4.90 Å². The molecule has 0 atom stereocenters. The zero-order chi connectivity index (χ0) is 15.5. The number of methoxy groups -OCH3 is 2. The highest BCUT2D eigenvalue weighted by molar-refractivity contribution is 9.10. The van der Waals surface area contributed by atoms with Crippen LogP contribution in [0.4, 0.5) is 5.69 Å². The topological polar surface area (TPSA) is 77.5 Å². The van der Waals surface area contributed by atoms with E-state index in [1.807, 2.05) is 0 Å². The number of nitrogens with one attached hydrogen (secondary N) is 1. The summed E-state index contributed by atoms with van der Waals surface area (Å²) in [5.74, 6) is 0.930. The molecule has 0 bridgehead atoms. The number of hydrogen-bond acceptors (Lipinski definition) is 5. The quantitative estimate of drug-likeness (QED) is 0.872. The van der Waals surface area contributed by atoms with Crippen molar-refractivity contribution in [3.8, 4) is 11.5 Å². The van der Waals surface area contributed by atoms with Crippen LogP contribution in [0.2, 0.25) is 0 Å². The number of pyridine rings is 1. The van der Waals surface area contributed by atoms with E-state index >= 15 is 0 Å². The fourth-order valence-corrected chi connectivity index (χ4v) is 3.20. The van der Waals surface area contributed by atoms with E-state index < -0.39 is 10.0 Å². The van der Waals surface area contributed by atoms with E-state index in [1.165, 1.54) is 32.7 Å². The lowest BCUT2D eigenvalue weighted by molar-refractivity contribution is 0.395. The number of rotatable bonds is 5. The monoisotopic (exact) mass is 372 g/mol. The van der Waals surface area contributed by atoms with Crippen molar-refractivity contribution in [2.24, 2.45) is 0 Å². The number of hydrogen-bond donors (Lipinski definition) is 1. The van der Waals surface area contributed by atoms with Crippen molar-refractivity contribution < 1.29 is 17.9 Å². The van der Waals surface area contributed by atoms with Gasteiger partial charge in [0, 0.05) is 22.9 Å². The number of halogens is 1. The van der Waals surface area contributed by atoms with Gasteiger partial charge < -0.3 is 9.47 Å². The summed E-state index contributed by atoms with van der Waals surface area (Å²) in [6.45, 7) is 0. The Hall–Kier alpha value is -1.80. The van der Waals surface area contributed by atoms with Gasteiger partial charge in [-0.05, 0) is 34.1 Å². The third kappa shape index (κ3) is 3.64. The standard InChI is InChI=1S/C13H13BrN2O4S/c1-19-10-3-4-12(13(6-10)20-2)16-21(17,18)11-5-9(14)7-15-8-11/h3-8,16H,1-2H3. The minimum atomic E-state index is -3.75. The van der Waals surface area contributed by atoms with E-state index in [4.69, 9.17) is 9.47 Å². The van der Waals surface area contributed by atoms with Crippen molar-refractivity contribution in [3.63, 3.8) is 0 Å². The van der Waals surface area contributed by atoms with Gasteiger partial charge in [0.15, 0.2) is 0 Å². The molecule has 2 aromatic rings. The minimum absolute atomic E-state index is 0.0507. The lowest BCUT2D eigenvalue weighted by atomic mass is 10.3. The molecule has 0 fully saturated rings. The normalized spacial score (nSPS) is 11.0. The summed E-state index contributed by atoms with van der Waals surface area (Å²) in [7, 11) is -0.780. The van der Waals surface area contributed by atoms with Gasteiger partial charge in [-0.2, -0.15) is 0 Å². The fraction of sp³-hybridized carbons (Fsp3) is 0.154. The van der Waals surface area contributed by atoms with E-state index in [2.05, 4.69) is 25.6 Å². The first-order valence-electron chi connectivity index (χ1n) is 5.81. The van der Waals surface area contributed by atoms with Crippen LogP contribution in [0.25, 0.3) is 0 Å². The molecule has 8 heteroatoms. The van der Waals surface area contributed by atoms with Gasteiger partial charge in [0.25, 0.3) is 10.0 Å². The van der Waals surface area contributed by atoms with Crippen molar-refractivity contribution >= 4 is 31.6 Å². The van der Waals surface area contributed by atoms with Crippen LogP contribution in [0.5, 0.6) is 11.5 Å². The van der Waals surface area contributed by atoms with Crippen LogP contribution in [0.15, 0.2) is 46.0 Å². The van der Waals surface area contributed by atoms with Crippen LogP contribution in [0, 0.1) is 0 Å². The molecule has 112 valence electrons. The van der Waals surface area contributed by atoms with Crippen LogP contribution in [-0.4, -0.2) is 27.6 Å². The summed E-state index contributed by atoms with van der Waals surface area (Å²) in [5, 5.41) is 0. The Bertz CT molecular complexity index is 750. The van der Waals surface area contributed by atoms with Crippen LogP contribution in [-0.2, 0) is 10.0 Å². The van der Waals surface area contributed by atoms with Gasteiger partial charge in [-0.3, -0.25) is 9.71 Å². The molecule has 1 aromatic carbocycles. The SMILES string of the molecule is COc1ccc(NS(=O)(=O)c2cncc(Br)c2)c(OC)c1. The Morgan fingerprint density at radius 1 is 1.14 bits per heavy atom. The second-order valence-corrected chi connectivity index (χ2v) is 6.61. The molecule has 21 heavy (non-hydrogen) atoms. The molecular formula is C13H13BrN2O4S. The number of aromatic nitrogens is 1. The van der Waals surface area contributed by atoms with Crippen molar-refractivity contribution in [3.05, 3.63) is 41.1 Å². The molecule has 0 aliphatic rings. The number of ether oxygens (including phenoxy) is 2. The molecule has 0 amide bonds. The number of nitrogens with zero attached hydrogens (tertiary/aromatic N) is 1. The number of benzene rings is 1. The molecular weight excluding hydrogens is 360 g/mol. The summed E-state index contributed by atoms with van der Waals surface area (Å²) < 4.78 is 37.9. The largest absolute Gasteiger partial charge is 0.497 e. The number of anilines is 1. The van der Waals surface area contributed by atoms with E-state index in [9.17, 15) is 8.42 Å². The summed E-state index contributed by atoms with van der Waals surface area (Å²) in [5.41, 5.74) is 0.318. The molecule has 0 aliphatic carbocycles. The third-order valence-electron chi connectivity index (χ3n) is 2.64. The maximum Gasteiger partial charge on any atom is 0.263 e. The van der Waals surface area contributed by atoms with E-state index in [0.29, 0.717) is 21.7 Å². The second-order valence-electron chi connectivity index (χ2n) is 4.01. The number of sulfonamides is 1. The first kappa shape index (κ1) is 15.6. The van der Waals surface area contributed by atoms with Crippen molar-refractivity contribution in [1.82, 2.24) is 4.98 Å². The Labute approximate surface area is 131 Å². The average Bonchev–Trinajstić information content (AvgIpc) is 2.47. The molecule has 1 aromatic heterocycles. The second kappa shape index (κ2) is 6.31. The fourth-order valence-electron chi connectivity index (χ4n) is 1.63. The maximum atomic E-state index is 12.3. The molecule has 1 heterocycles. The Morgan fingerprint density at radius 3 is 2.52 bits per heavy atom. The van der Waals surface area contributed by atoms with Crippen molar-refractivity contribution in [2.45, 2.75) is 4.90 Å². The Morgan fingerprint density at radius 2 is 1.90 bits per heavy atom. The summed E-state index contributed by atoms with van der Waals surface area (Å²) in [6.07, 6.45) is 2.77. The van der Waals surface area contributed by atoms with Gasteiger partial charge in [-0.25, -0.2) is 8.42 Å². The van der Waals surface area contributed by atoms with E-state index in [1.54, 1.807) is 18.2 Å². The Kier molecular flexibility index (Phi) is 4.69. The molecule has 0 unspecified atom stereocenters. The molecule has 0 saturated heterocycles. The summed E-state index contributed by atoms with van der Waals surface area (Å²) in [4.78, 5) is 3.90. The molecule has 0 radical (unpaired) electrons. The molecule has 0 aliphatic heterocycles. The van der Waals surface area contributed by atoms with Gasteiger partial charge in [-0.15, -0.1) is 0 Å². The highest BCUT2D eigenvalue weighted by Gasteiger charge is 2.17. The van der Waals surface area contributed by atoms with Crippen LogP contribution in [0.1, 0.15) is 0 Å². The molecule has 6 nitrogen and oxygen atoms in total. The average molecular weight is 373 g/mol. The van der Waals surface area contributed by atoms with Crippen LogP contribution >= 0.6 is 15.9 Å². The zero-order valence-electron chi connectivity index (χ0n) is 11.3. The molecule has 0 spiro atoms. The molecule has 0 saturated carbocycles. The summed E-state index contributed by atoms with van der Waals surface area (Å²) >= 11 is 3.19. The maximum absolute atomic E-state index is 12.3. The zero-order valence-corrected chi connectivity index (χ0v) is 13.7. The summed E-state index contributed by atoms with van der Waals surface area (Å²) in [6, 6.07) is 6.27. The highest BCUT2D eigenvalue weighted by Crippen LogP contribution is 2.30. The van der Waals surface area contributed by atoms with Crippen LogP contribution in [0.3, 0.4) is 0 Å². The molecule has 2 rings (SSSR count). The van der Waals surface area contributed by atoms with E-state index in [0.717, 1.165) is 0 Å². The predicted molar refractivity (Wildman–Crippen MR) is 82.3 cm³/mol. The highest BCUT2D eigenvalue weighted by atomic mass is 79.9. The van der Waals surface area contributed by atoms with Gasteiger partial charge in [0.1, 0.15) is 16.4 Å². The Balaban J connectivity index is 2.37. The first-order chi connectivity index (χ1) is 9.96. The van der Waals surface area contributed by atoms with Gasteiger partial charge in [-0.1, -0.05) is 0 Å². The minimum Gasteiger partial charge on any atom is -0.497 e. The smallest absolute Gasteiger partial charge is 0.263 e. The van der Waals surface area contributed by atoms with Gasteiger partial charge in [0.05, 0.1) is 19.9 Å². The predicted octanol–water partition coefficient (Wildman–Crippen LogP) is 2.66. The van der Waals surface area contributed by atoms with Gasteiger partial charge in [0.2, 0.25) is 0 Å². The lowest BCUT2D eigenvalue weighted by Gasteiger charge is -2.13. The molecule has 1 N–H and O–H groups in total. The lowest BCUT2D eigenvalue weighted by Crippen LogP contribution is -2.14. The third-order valence-corrected chi connectivity index (χ3v) is 4.41.